The van der Waals surface area contributed by atoms with Gasteiger partial charge < -0.3 is 15.2 Å². The second kappa shape index (κ2) is 8.12. The summed E-state index contributed by atoms with van der Waals surface area (Å²) in [5.41, 5.74) is 0.781. The van der Waals surface area contributed by atoms with Crippen LogP contribution in [0.1, 0.15) is 32.8 Å². The van der Waals surface area contributed by atoms with E-state index in [2.05, 4.69) is 19.2 Å². The van der Waals surface area contributed by atoms with Crippen LogP contribution < -0.4 is 10.1 Å². The Labute approximate surface area is 114 Å². The van der Waals surface area contributed by atoms with E-state index < -0.39 is 6.10 Å². The van der Waals surface area contributed by atoms with Crippen molar-refractivity contribution in [1.29, 1.82) is 0 Å². The van der Waals surface area contributed by atoms with Gasteiger partial charge in [0.05, 0.1) is 6.10 Å². The van der Waals surface area contributed by atoms with Crippen LogP contribution >= 0.6 is 0 Å². The van der Waals surface area contributed by atoms with Crippen LogP contribution in [0.15, 0.2) is 18.2 Å². The Kier molecular flexibility index (Phi) is 6.81. The highest BCUT2D eigenvalue weighted by atomic mass is 19.1. The van der Waals surface area contributed by atoms with Gasteiger partial charge in [-0.3, -0.25) is 0 Å². The molecular formula is C15H24FNO2. The standard InChI is InChI=1S/C15H24FNO2/c1-4-13(18)10-19-15-12(6-5-7-14(15)16)9-17-8-11(2)3/h5-7,11,13,17-18H,4,8-10H2,1-3H3. The van der Waals surface area contributed by atoms with Gasteiger partial charge in [-0.1, -0.05) is 32.9 Å². The third kappa shape index (κ3) is 5.57. The van der Waals surface area contributed by atoms with Gasteiger partial charge in [0.25, 0.3) is 0 Å². The van der Waals surface area contributed by atoms with E-state index in [1.807, 2.05) is 13.0 Å². The van der Waals surface area contributed by atoms with E-state index in [0.29, 0.717) is 18.9 Å². The van der Waals surface area contributed by atoms with Gasteiger partial charge in [0.1, 0.15) is 6.61 Å². The average Bonchev–Trinajstić information content (AvgIpc) is 2.37. The Morgan fingerprint density at radius 2 is 2.11 bits per heavy atom. The fourth-order valence-electron chi connectivity index (χ4n) is 1.65. The minimum absolute atomic E-state index is 0.120. The molecule has 0 radical (unpaired) electrons. The number of aliphatic hydroxyl groups is 1. The Balaban J connectivity index is 2.66. The minimum atomic E-state index is -0.559. The fraction of sp³-hybridized carbons (Fsp3) is 0.600. The monoisotopic (exact) mass is 269 g/mol. The molecule has 1 aromatic rings. The number of aliphatic hydroxyl groups excluding tert-OH is 1. The van der Waals surface area contributed by atoms with E-state index >= 15 is 0 Å². The molecule has 19 heavy (non-hydrogen) atoms. The molecule has 2 N–H and O–H groups in total. The maximum absolute atomic E-state index is 13.8. The summed E-state index contributed by atoms with van der Waals surface area (Å²) in [6.45, 7) is 7.65. The lowest BCUT2D eigenvalue weighted by Gasteiger charge is -2.15. The summed E-state index contributed by atoms with van der Waals surface area (Å²) in [5, 5.41) is 12.7. The van der Waals surface area contributed by atoms with E-state index in [-0.39, 0.29) is 18.2 Å². The molecule has 0 aliphatic carbocycles. The zero-order chi connectivity index (χ0) is 14.3. The molecule has 0 fully saturated rings. The molecule has 1 rings (SSSR count). The van der Waals surface area contributed by atoms with E-state index in [1.54, 1.807) is 6.07 Å². The van der Waals surface area contributed by atoms with E-state index in [1.165, 1.54) is 6.07 Å². The van der Waals surface area contributed by atoms with Crippen molar-refractivity contribution in [3.63, 3.8) is 0 Å². The number of hydrogen-bond acceptors (Lipinski definition) is 3. The van der Waals surface area contributed by atoms with Gasteiger partial charge >= 0.3 is 0 Å². The molecule has 0 aliphatic rings. The van der Waals surface area contributed by atoms with Crippen molar-refractivity contribution in [2.45, 2.75) is 39.8 Å². The molecule has 0 saturated carbocycles. The molecule has 0 bridgehead atoms. The van der Waals surface area contributed by atoms with Crippen LogP contribution in [0.3, 0.4) is 0 Å². The lowest BCUT2D eigenvalue weighted by Crippen LogP contribution is -2.21. The maximum atomic E-state index is 13.8. The molecule has 4 heteroatoms. The lowest BCUT2D eigenvalue weighted by atomic mass is 10.1. The van der Waals surface area contributed by atoms with Gasteiger partial charge in [0, 0.05) is 12.1 Å². The van der Waals surface area contributed by atoms with Crippen molar-refractivity contribution < 1.29 is 14.2 Å². The van der Waals surface area contributed by atoms with Crippen LogP contribution in [0.4, 0.5) is 4.39 Å². The Morgan fingerprint density at radius 1 is 1.37 bits per heavy atom. The summed E-state index contributed by atoms with van der Waals surface area (Å²) >= 11 is 0. The third-order valence-electron chi connectivity index (χ3n) is 2.81. The average molecular weight is 269 g/mol. The highest BCUT2D eigenvalue weighted by Crippen LogP contribution is 2.23. The van der Waals surface area contributed by atoms with Crippen molar-refractivity contribution in [2.75, 3.05) is 13.2 Å². The second-order valence-corrected chi connectivity index (χ2v) is 5.13. The molecule has 108 valence electrons. The predicted octanol–water partition coefficient (Wildman–Crippen LogP) is 2.72. The van der Waals surface area contributed by atoms with Crippen molar-refractivity contribution >= 4 is 0 Å². The highest BCUT2D eigenvalue weighted by Gasteiger charge is 2.11. The van der Waals surface area contributed by atoms with Crippen LogP contribution in [0.25, 0.3) is 0 Å². The lowest BCUT2D eigenvalue weighted by molar-refractivity contribution is 0.101. The van der Waals surface area contributed by atoms with Crippen molar-refractivity contribution in [2.24, 2.45) is 5.92 Å². The summed E-state index contributed by atoms with van der Waals surface area (Å²) < 4.78 is 19.2. The molecule has 0 heterocycles. The van der Waals surface area contributed by atoms with Crippen LogP contribution in [0.2, 0.25) is 0 Å². The first kappa shape index (κ1) is 15.9. The second-order valence-electron chi connectivity index (χ2n) is 5.13. The smallest absolute Gasteiger partial charge is 0.165 e. The molecule has 0 spiro atoms. The molecule has 1 aromatic carbocycles. The number of hydrogen-bond donors (Lipinski definition) is 2. The highest BCUT2D eigenvalue weighted by molar-refractivity contribution is 5.34. The number of rotatable bonds is 8. The quantitative estimate of drug-likeness (QED) is 0.762. The summed E-state index contributed by atoms with van der Waals surface area (Å²) in [4.78, 5) is 0. The molecular weight excluding hydrogens is 245 g/mol. The van der Waals surface area contributed by atoms with E-state index in [4.69, 9.17) is 4.74 Å². The zero-order valence-electron chi connectivity index (χ0n) is 11.9. The van der Waals surface area contributed by atoms with E-state index in [9.17, 15) is 9.50 Å². The Hall–Kier alpha value is -1.13. The van der Waals surface area contributed by atoms with Crippen LogP contribution in [0, 0.1) is 11.7 Å². The molecule has 0 aliphatic heterocycles. The topological polar surface area (TPSA) is 41.5 Å². The molecule has 0 aromatic heterocycles. The Morgan fingerprint density at radius 3 is 2.74 bits per heavy atom. The van der Waals surface area contributed by atoms with Gasteiger partial charge in [0.15, 0.2) is 11.6 Å². The molecule has 0 saturated heterocycles. The minimum Gasteiger partial charge on any atom is -0.487 e. The van der Waals surface area contributed by atoms with Gasteiger partial charge in [-0.05, 0) is 24.9 Å². The van der Waals surface area contributed by atoms with Crippen molar-refractivity contribution in [3.8, 4) is 5.75 Å². The maximum Gasteiger partial charge on any atom is 0.165 e. The number of halogens is 1. The predicted molar refractivity (Wildman–Crippen MR) is 74.7 cm³/mol. The summed E-state index contributed by atoms with van der Waals surface area (Å²) in [6.07, 6.45) is 0.0335. The number of benzene rings is 1. The number of para-hydroxylation sites is 1. The first-order chi connectivity index (χ1) is 9.04. The molecule has 1 atom stereocenters. The zero-order valence-corrected chi connectivity index (χ0v) is 11.9. The summed E-state index contributed by atoms with van der Waals surface area (Å²) in [7, 11) is 0. The normalized spacial score (nSPS) is 12.7. The van der Waals surface area contributed by atoms with Gasteiger partial charge in [-0.15, -0.1) is 0 Å². The Bertz CT molecular complexity index is 382. The number of nitrogens with one attached hydrogen (secondary N) is 1. The summed E-state index contributed by atoms with van der Waals surface area (Å²) in [5.74, 6) is 0.401. The van der Waals surface area contributed by atoms with Gasteiger partial charge in [-0.2, -0.15) is 0 Å². The van der Waals surface area contributed by atoms with Gasteiger partial charge in [0.2, 0.25) is 0 Å². The van der Waals surface area contributed by atoms with Crippen LogP contribution in [-0.4, -0.2) is 24.4 Å². The van der Waals surface area contributed by atoms with Crippen LogP contribution in [0.5, 0.6) is 5.75 Å². The summed E-state index contributed by atoms with van der Waals surface area (Å²) in [6, 6.07) is 4.88. The fourth-order valence-corrected chi connectivity index (χ4v) is 1.65. The third-order valence-corrected chi connectivity index (χ3v) is 2.81. The van der Waals surface area contributed by atoms with Crippen LogP contribution in [-0.2, 0) is 6.54 Å². The van der Waals surface area contributed by atoms with Crippen molar-refractivity contribution in [1.82, 2.24) is 5.32 Å². The largest absolute Gasteiger partial charge is 0.487 e. The van der Waals surface area contributed by atoms with Gasteiger partial charge in [-0.25, -0.2) is 4.39 Å². The van der Waals surface area contributed by atoms with E-state index in [0.717, 1.165) is 12.1 Å². The molecule has 0 amide bonds. The number of ether oxygens (including phenoxy) is 1. The van der Waals surface area contributed by atoms with Crippen molar-refractivity contribution in [3.05, 3.63) is 29.6 Å². The molecule has 3 nitrogen and oxygen atoms in total. The SMILES string of the molecule is CCC(O)COc1c(F)cccc1CNCC(C)C. The first-order valence-electron chi connectivity index (χ1n) is 6.83. The first-order valence-corrected chi connectivity index (χ1v) is 6.83. The molecule has 1 unspecified atom stereocenters.